The Morgan fingerprint density at radius 2 is 1.84 bits per heavy atom. The Bertz CT molecular complexity index is 370. The minimum atomic E-state index is 0.183. The highest BCUT2D eigenvalue weighted by atomic mass is 15.2. The van der Waals surface area contributed by atoms with Gasteiger partial charge in [0.2, 0.25) is 0 Å². The molecule has 1 aliphatic rings. The van der Waals surface area contributed by atoms with Crippen LogP contribution in [0.5, 0.6) is 0 Å². The molecular weight excluding hydrogens is 234 g/mol. The summed E-state index contributed by atoms with van der Waals surface area (Å²) >= 11 is 0. The Balaban J connectivity index is 1.81. The standard InChI is InChI=1S/C16H29N3/c1-16(2,3)17-14-15-8-7-11-19(15)13-12-18-9-5-4-6-10-18/h7-8,11,17H,4-6,9-10,12-14H2,1-3H3. The second kappa shape index (κ2) is 6.58. The summed E-state index contributed by atoms with van der Waals surface area (Å²) < 4.78 is 2.40. The van der Waals surface area contributed by atoms with Gasteiger partial charge >= 0.3 is 0 Å². The van der Waals surface area contributed by atoms with E-state index >= 15 is 0 Å². The van der Waals surface area contributed by atoms with Crippen molar-refractivity contribution in [2.45, 2.75) is 58.7 Å². The topological polar surface area (TPSA) is 20.2 Å². The van der Waals surface area contributed by atoms with Crippen LogP contribution in [-0.2, 0) is 13.1 Å². The largest absolute Gasteiger partial charge is 0.349 e. The number of likely N-dealkylation sites (tertiary alicyclic amines) is 1. The van der Waals surface area contributed by atoms with Crippen LogP contribution in [0.4, 0.5) is 0 Å². The molecule has 1 fully saturated rings. The van der Waals surface area contributed by atoms with E-state index in [4.69, 9.17) is 0 Å². The van der Waals surface area contributed by atoms with Crippen LogP contribution in [0.2, 0.25) is 0 Å². The smallest absolute Gasteiger partial charge is 0.0363 e. The van der Waals surface area contributed by atoms with E-state index < -0.39 is 0 Å². The summed E-state index contributed by atoms with van der Waals surface area (Å²) in [6, 6.07) is 4.39. The van der Waals surface area contributed by atoms with Gasteiger partial charge in [-0.25, -0.2) is 0 Å². The van der Waals surface area contributed by atoms with Gasteiger partial charge in [0.25, 0.3) is 0 Å². The number of nitrogens with zero attached hydrogens (tertiary/aromatic N) is 2. The van der Waals surface area contributed by atoms with Crippen LogP contribution in [0.1, 0.15) is 45.7 Å². The molecule has 0 unspecified atom stereocenters. The molecule has 0 radical (unpaired) electrons. The van der Waals surface area contributed by atoms with E-state index in [1.165, 1.54) is 44.6 Å². The van der Waals surface area contributed by atoms with Gasteiger partial charge < -0.3 is 14.8 Å². The van der Waals surface area contributed by atoms with Gasteiger partial charge in [-0.05, 0) is 58.8 Å². The first-order valence-electron chi connectivity index (χ1n) is 7.66. The van der Waals surface area contributed by atoms with Crippen LogP contribution in [0.3, 0.4) is 0 Å². The lowest BCUT2D eigenvalue weighted by Crippen LogP contribution is -2.36. The molecule has 2 heterocycles. The van der Waals surface area contributed by atoms with Gasteiger partial charge in [-0.1, -0.05) is 6.42 Å². The maximum Gasteiger partial charge on any atom is 0.0363 e. The maximum absolute atomic E-state index is 3.57. The van der Waals surface area contributed by atoms with E-state index in [9.17, 15) is 0 Å². The summed E-state index contributed by atoms with van der Waals surface area (Å²) in [5.41, 5.74) is 1.58. The Morgan fingerprint density at radius 3 is 2.53 bits per heavy atom. The van der Waals surface area contributed by atoms with Gasteiger partial charge in [-0.2, -0.15) is 0 Å². The second-order valence-electron chi connectivity index (χ2n) is 6.70. The summed E-state index contributed by atoms with van der Waals surface area (Å²) in [6.45, 7) is 12.5. The Labute approximate surface area is 118 Å². The van der Waals surface area contributed by atoms with E-state index in [1.54, 1.807) is 0 Å². The molecule has 0 spiro atoms. The van der Waals surface area contributed by atoms with E-state index in [2.05, 4.69) is 53.9 Å². The average molecular weight is 263 g/mol. The minimum absolute atomic E-state index is 0.183. The molecule has 0 aliphatic carbocycles. The van der Waals surface area contributed by atoms with Crippen molar-refractivity contribution in [1.29, 1.82) is 0 Å². The summed E-state index contributed by atoms with van der Waals surface area (Å²) in [5.74, 6) is 0. The number of aromatic nitrogens is 1. The lowest BCUT2D eigenvalue weighted by molar-refractivity contribution is 0.220. The van der Waals surface area contributed by atoms with E-state index in [1.807, 2.05) is 0 Å². The second-order valence-corrected chi connectivity index (χ2v) is 6.70. The van der Waals surface area contributed by atoms with Crippen LogP contribution in [0, 0.1) is 0 Å². The fraction of sp³-hybridized carbons (Fsp3) is 0.750. The van der Waals surface area contributed by atoms with Crippen molar-refractivity contribution < 1.29 is 0 Å². The first-order valence-corrected chi connectivity index (χ1v) is 7.66. The monoisotopic (exact) mass is 263 g/mol. The molecule has 3 nitrogen and oxygen atoms in total. The molecule has 108 valence electrons. The molecule has 0 amide bonds. The molecule has 0 bridgehead atoms. The highest BCUT2D eigenvalue weighted by Gasteiger charge is 2.12. The number of hydrogen-bond donors (Lipinski definition) is 1. The van der Waals surface area contributed by atoms with E-state index in [-0.39, 0.29) is 5.54 Å². The number of rotatable bonds is 5. The quantitative estimate of drug-likeness (QED) is 0.881. The fourth-order valence-corrected chi connectivity index (χ4v) is 2.62. The van der Waals surface area contributed by atoms with Crippen molar-refractivity contribution in [2.24, 2.45) is 0 Å². The van der Waals surface area contributed by atoms with Gasteiger partial charge in [0.05, 0.1) is 0 Å². The van der Waals surface area contributed by atoms with Crippen LogP contribution in [0.25, 0.3) is 0 Å². The van der Waals surface area contributed by atoms with Gasteiger partial charge in [-0.15, -0.1) is 0 Å². The SMILES string of the molecule is CC(C)(C)NCc1cccn1CCN1CCCCC1. The van der Waals surface area contributed by atoms with Gasteiger partial charge in [-0.3, -0.25) is 0 Å². The fourth-order valence-electron chi connectivity index (χ4n) is 2.62. The Kier molecular flexibility index (Phi) is 5.06. The molecule has 0 aromatic carbocycles. The zero-order valence-electron chi connectivity index (χ0n) is 12.8. The maximum atomic E-state index is 3.57. The minimum Gasteiger partial charge on any atom is -0.349 e. The Morgan fingerprint density at radius 1 is 1.11 bits per heavy atom. The average Bonchev–Trinajstić information content (AvgIpc) is 2.82. The first-order chi connectivity index (χ1) is 9.04. The van der Waals surface area contributed by atoms with Gasteiger partial charge in [0.15, 0.2) is 0 Å². The lowest BCUT2D eigenvalue weighted by Gasteiger charge is -2.27. The van der Waals surface area contributed by atoms with Crippen molar-refractivity contribution in [3.8, 4) is 0 Å². The highest BCUT2D eigenvalue weighted by molar-refractivity contribution is 5.07. The molecule has 1 N–H and O–H groups in total. The van der Waals surface area contributed by atoms with Gasteiger partial charge in [0, 0.05) is 37.1 Å². The molecule has 3 heteroatoms. The predicted octanol–water partition coefficient (Wildman–Crippen LogP) is 2.86. The van der Waals surface area contributed by atoms with Crippen LogP contribution >= 0.6 is 0 Å². The molecule has 1 saturated heterocycles. The lowest BCUT2D eigenvalue weighted by atomic mass is 10.1. The number of nitrogens with one attached hydrogen (secondary N) is 1. The molecule has 1 aliphatic heterocycles. The molecule has 0 saturated carbocycles. The van der Waals surface area contributed by atoms with Gasteiger partial charge in [0.1, 0.15) is 0 Å². The normalized spacial score (nSPS) is 17.8. The molecule has 2 rings (SSSR count). The summed E-state index contributed by atoms with van der Waals surface area (Å²) in [7, 11) is 0. The zero-order chi connectivity index (χ0) is 13.7. The third kappa shape index (κ3) is 5.00. The summed E-state index contributed by atoms with van der Waals surface area (Å²) in [4.78, 5) is 2.60. The van der Waals surface area contributed by atoms with E-state index in [0.29, 0.717) is 0 Å². The molecule has 0 atom stereocenters. The third-order valence-electron chi connectivity index (χ3n) is 3.83. The van der Waals surface area contributed by atoms with Crippen LogP contribution < -0.4 is 5.32 Å². The van der Waals surface area contributed by atoms with Crippen molar-refractivity contribution in [1.82, 2.24) is 14.8 Å². The van der Waals surface area contributed by atoms with Crippen molar-refractivity contribution in [3.05, 3.63) is 24.0 Å². The van der Waals surface area contributed by atoms with Crippen LogP contribution in [0.15, 0.2) is 18.3 Å². The van der Waals surface area contributed by atoms with E-state index in [0.717, 1.165) is 13.1 Å². The summed E-state index contributed by atoms with van der Waals surface area (Å²) in [6.07, 6.45) is 6.39. The molecule has 1 aromatic heterocycles. The first kappa shape index (κ1) is 14.6. The predicted molar refractivity (Wildman–Crippen MR) is 81.3 cm³/mol. The molecular formula is C16H29N3. The molecule has 1 aromatic rings. The van der Waals surface area contributed by atoms with Crippen molar-refractivity contribution >= 4 is 0 Å². The summed E-state index contributed by atoms with van der Waals surface area (Å²) in [5, 5.41) is 3.57. The number of hydrogen-bond acceptors (Lipinski definition) is 2. The van der Waals surface area contributed by atoms with Crippen molar-refractivity contribution in [2.75, 3.05) is 19.6 Å². The number of piperidine rings is 1. The van der Waals surface area contributed by atoms with Crippen molar-refractivity contribution in [3.63, 3.8) is 0 Å². The van der Waals surface area contributed by atoms with Crippen LogP contribution in [-0.4, -0.2) is 34.6 Å². The Hall–Kier alpha value is -0.800. The zero-order valence-corrected chi connectivity index (χ0v) is 12.8. The highest BCUT2D eigenvalue weighted by Crippen LogP contribution is 2.10. The third-order valence-corrected chi connectivity index (χ3v) is 3.83. The molecule has 19 heavy (non-hydrogen) atoms.